The summed E-state index contributed by atoms with van der Waals surface area (Å²) in [5.74, 6) is -0.784. The number of carboxylic acids is 1. The number of rotatable bonds is 8. The maximum atomic E-state index is 11.2. The highest BCUT2D eigenvalue weighted by molar-refractivity contribution is 7.14. The van der Waals surface area contributed by atoms with Gasteiger partial charge in [0.05, 0.1) is 0 Å². The van der Waals surface area contributed by atoms with Gasteiger partial charge in [-0.05, 0) is 59.7 Å². The van der Waals surface area contributed by atoms with Crippen molar-refractivity contribution in [2.75, 3.05) is 19.6 Å². The number of aryl methyl sites for hydroxylation is 2. The van der Waals surface area contributed by atoms with Crippen molar-refractivity contribution in [3.8, 4) is 0 Å². The van der Waals surface area contributed by atoms with E-state index in [9.17, 15) is 9.90 Å². The fourth-order valence-electron chi connectivity index (χ4n) is 3.53. The van der Waals surface area contributed by atoms with Crippen LogP contribution in [0.15, 0.2) is 40.6 Å². The van der Waals surface area contributed by atoms with Gasteiger partial charge in [-0.25, -0.2) is 4.79 Å². The Labute approximate surface area is 169 Å². The Morgan fingerprint density at radius 2 is 1.78 bits per heavy atom. The van der Waals surface area contributed by atoms with Gasteiger partial charge in [-0.2, -0.15) is 0 Å². The van der Waals surface area contributed by atoms with Crippen LogP contribution in [-0.4, -0.2) is 35.6 Å². The molecule has 0 radical (unpaired) electrons. The number of carbonyl (C=O) groups is 1. The fourth-order valence-corrected chi connectivity index (χ4v) is 5.69. The first kappa shape index (κ1) is 20.1. The van der Waals surface area contributed by atoms with Crippen molar-refractivity contribution in [2.24, 2.45) is 0 Å². The van der Waals surface area contributed by atoms with Gasteiger partial charge in [0.2, 0.25) is 0 Å². The van der Waals surface area contributed by atoms with Crippen LogP contribution in [0.25, 0.3) is 5.57 Å². The largest absolute Gasteiger partial charge is 0.478 e. The van der Waals surface area contributed by atoms with Crippen LogP contribution in [-0.2, 0) is 17.6 Å². The fraction of sp³-hybridized carbons (Fsp3) is 0.409. The summed E-state index contributed by atoms with van der Waals surface area (Å²) in [5.41, 5.74) is 4.72. The number of hydrogen-bond acceptors (Lipinski definition) is 4. The van der Waals surface area contributed by atoms with Crippen molar-refractivity contribution in [1.82, 2.24) is 4.90 Å². The lowest BCUT2D eigenvalue weighted by atomic mass is 10.0. The van der Waals surface area contributed by atoms with E-state index >= 15 is 0 Å². The van der Waals surface area contributed by atoms with Gasteiger partial charge in [0.1, 0.15) is 0 Å². The van der Waals surface area contributed by atoms with Gasteiger partial charge in [0, 0.05) is 40.5 Å². The molecule has 2 aromatic rings. The van der Waals surface area contributed by atoms with Crippen molar-refractivity contribution in [2.45, 2.75) is 39.5 Å². The maximum absolute atomic E-state index is 11.2. The Balaban J connectivity index is 1.79. The molecule has 0 unspecified atom stereocenters. The van der Waals surface area contributed by atoms with E-state index in [-0.39, 0.29) is 0 Å². The molecule has 3 nitrogen and oxygen atoms in total. The zero-order valence-electron chi connectivity index (χ0n) is 16.0. The Morgan fingerprint density at radius 1 is 1.15 bits per heavy atom. The molecule has 5 heteroatoms. The minimum atomic E-state index is -0.784. The first-order chi connectivity index (χ1) is 13.1. The SMILES string of the molecule is CCc1ccsc1C(=CCCN1CCC=C(C(=O)O)C1)c1sccc1CC. The molecule has 1 aliphatic heterocycles. The van der Waals surface area contributed by atoms with Crippen LogP contribution in [0.3, 0.4) is 0 Å². The molecule has 3 heterocycles. The summed E-state index contributed by atoms with van der Waals surface area (Å²) in [5, 5.41) is 13.6. The van der Waals surface area contributed by atoms with E-state index in [1.165, 1.54) is 26.5 Å². The highest BCUT2D eigenvalue weighted by Crippen LogP contribution is 2.36. The standard InChI is InChI=1S/C22H27NO2S2/c1-3-16-9-13-26-20(16)19(21-17(4-2)10-14-27-21)8-6-12-23-11-5-7-18(15-23)22(24)25/h7-10,13-14H,3-6,11-12,15H2,1-2H3,(H,24,25). The molecule has 0 fully saturated rings. The van der Waals surface area contributed by atoms with Crippen LogP contribution < -0.4 is 0 Å². The molecule has 3 rings (SSSR count). The predicted octanol–water partition coefficient (Wildman–Crippen LogP) is 5.47. The number of carboxylic acid groups (broad SMARTS) is 1. The Bertz CT molecular complexity index is 800. The first-order valence-electron chi connectivity index (χ1n) is 9.62. The molecule has 0 aromatic carbocycles. The zero-order chi connectivity index (χ0) is 19.2. The molecule has 0 saturated carbocycles. The summed E-state index contributed by atoms with van der Waals surface area (Å²) < 4.78 is 0. The minimum absolute atomic E-state index is 0.531. The summed E-state index contributed by atoms with van der Waals surface area (Å²) in [6, 6.07) is 4.48. The predicted molar refractivity (Wildman–Crippen MR) is 116 cm³/mol. The van der Waals surface area contributed by atoms with E-state index in [1.807, 2.05) is 28.7 Å². The van der Waals surface area contributed by atoms with E-state index in [1.54, 1.807) is 0 Å². The molecule has 2 aromatic heterocycles. The van der Waals surface area contributed by atoms with E-state index in [4.69, 9.17) is 0 Å². The van der Waals surface area contributed by atoms with E-state index in [2.05, 4.69) is 47.7 Å². The lowest BCUT2D eigenvalue weighted by Crippen LogP contribution is -2.32. The molecule has 0 bridgehead atoms. The Kier molecular flexibility index (Phi) is 7.05. The minimum Gasteiger partial charge on any atom is -0.478 e. The molecule has 0 spiro atoms. The van der Waals surface area contributed by atoms with Crippen LogP contribution in [0, 0.1) is 0 Å². The molecule has 1 N–H and O–H groups in total. The van der Waals surface area contributed by atoms with Gasteiger partial charge < -0.3 is 5.11 Å². The summed E-state index contributed by atoms with van der Waals surface area (Å²) in [6.07, 6.45) is 8.08. The molecule has 0 saturated heterocycles. The third-order valence-corrected chi connectivity index (χ3v) is 7.02. The van der Waals surface area contributed by atoms with Crippen molar-refractivity contribution in [3.05, 3.63) is 61.5 Å². The molecule has 1 aliphatic rings. The van der Waals surface area contributed by atoms with Crippen molar-refractivity contribution in [1.29, 1.82) is 0 Å². The molecular formula is C22H27NO2S2. The molecule has 0 atom stereocenters. The lowest BCUT2D eigenvalue weighted by Gasteiger charge is -2.25. The number of hydrogen-bond donors (Lipinski definition) is 1. The smallest absolute Gasteiger partial charge is 0.332 e. The molecule has 0 aliphatic carbocycles. The van der Waals surface area contributed by atoms with Gasteiger partial charge in [-0.15, -0.1) is 22.7 Å². The summed E-state index contributed by atoms with van der Waals surface area (Å²) in [4.78, 5) is 16.3. The Hall–Kier alpha value is -1.69. The quantitative estimate of drug-likeness (QED) is 0.637. The second-order valence-corrected chi connectivity index (χ2v) is 8.60. The van der Waals surface area contributed by atoms with Crippen LogP contribution in [0.2, 0.25) is 0 Å². The monoisotopic (exact) mass is 401 g/mol. The molecule has 0 amide bonds. The van der Waals surface area contributed by atoms with Gasteiger partial charge in [0.15, 0.2) is 0 Å². The normalized spacial score (nSPS) is 14.8. The highest BCUT2D eigenvalue weighted by atomic mass is 32.1. The van der Waals surface area contributed by atoms with Crippen LogP contribution >= 0.6 is 22.7 Å². The van der Waals surface area contributed by atoms with E-state index in [0.717, 1.165) is 38.8 Å². The summed E-state index contributed by atoms with van der Waals surface area (Å²) in [6.45, 7) is 6.82. The number of nitrogens with zero attached hydrogens (tertiary/aromatic N) is 1. The third-order valence-electron chi connectivity index (χ3n) is 5.04. The van der Waals surface area contributed by atoms with Crippen LogP contribution in [0.1, 0.15) is 47.6 Å². The van der Waals surface area contributed by atoms with Crippen molar-refractivity contribution < 1.29 is 9.90 Å². The van der Waals surface area contributed by atoms with E-state index in [0.29, 0.717) is 12.1 Å². The first-order valence-corrected chi connectivity index (χ1v) is 11.4. The Morgan fingerprint density at radius 3 is 2.33 bits per heavy atom. The maximum Gasteiger partial charge on any atom is 0.332 e. The highest BCUT2D eigenvalue weighted by Gasteiger charge is 2.18. The lowest BCUT2D eigenvalue weighted by molar-refractivity contribution is -0.133. The second-order valence-electron chi connectivity index (χ2n) is 6.76. The average molecular weight is 402 g/mol. The number of thiophene rings is 2. The van der Waals surface area contributed by atoms with Crippen molar-refractivity contribution >= 4 is 34.2 Å². The molecular weight excluding hydrogens is 374 g/mol. The van der Waals surface area contributed by atoms with E-state index < -0.39 is 5.97 Å². The van der Waals surface area contributed by atoms with Crippen LogP contribution in [0.5, 0.6) is 0 Å². The van der Waals surface area contributed by atoms with Crippen molar-refractivity contribution in [3.63, 3.8) is 0 Å². The topological polar surface area (TPSA) is 40.5 Å². The molecule has 144 valence electrons. The summed E-state index contributed by atoms with van der Waals surface area (Å²) in [7, 11) is 0. The van der Waals surface area contributed by atoms with Gasteiger partial charge in [-0.3, -0.25) is 4.90 Å². The molecule has 27 heavy (non-hydrogen) atoms. The average Bonchev–Trinajstić information content (AvgIpc) is 3.34. The van der Waals surface area contributed by atoms with Gasteiger partial charge in [-0.1, -0.05) is 26.0 Å². The van der Waals surface area contributed by atoms with Crippen LogP contribution in [0.4, 0.5) is 0 Å². The van der Waals surface area contributed by atoms with Gasteiger partial charge >= 0.3 is 5.97 Å². The summed E-state index contributed by atoms with van der Waals surface area (Å²) >= 11 is 3.66. The third kappa shape index (κ3) is 4.78. The van der Waals surface area contributed by atoms with Gasteiger partial charge in [0.25, 0.3) is 0 Å². The second kappa shape index (κ2) is 9.49. The number of aliphatic carboxylic acids is 1. The zero-order valence-corrected chi connectivity index (χ0v) is 17.7.